The molecule has 0 aliphatic heterocycles. The van der Waals surface area contributed by atoms with Crippen molar-refractivity contribution in [3.63, 3.8) is 0 Å². The van der Waals surface area contributed by atoms with Crippen molar-refractivity contribution in [2.75, 3.05) is 0 Å². The van der Waals surface area contributed by atoms with E-state index in [1.807, 2.05) is 0 Å². The smallest absolute Gasteiger partial charge is 0.340 e. The van der Waals surface area contributed by atoms with Crippen molar-refractivity contribution in [2.45, 2.75) is 6.92 Å². The summed E-state index contributed by atoms with van der Waals surface area (Å²) < 4.78 is 3.88. The number of hydrogen-bond acceptors (Lipinski definition) is 3. The number of carbonyl (C=O) groups is 2. The Bertz CT molecular complexity index is 130. The van der Waals surface area contributed by atoms with Gasteiger partial charge in [0, 0.05) is 22.6 Å². The van der Waals surface area contributed by atoms with Gasteiger partial charge in [-0.3, -0.25) is 4.79 Å². The van der Waals surface area contributed by atoms with Crippen molar-refractivity contribution in [3.8, 4) is 0 Å². The summed E-state index contributed by atoms with van der Waals surface area (Å²) >= 11 is 0. The molecule has 9 heavy (non-hydrogen) atoms. The first-order valence-corrected chi connectivity index (χ1v) is 1.98. The minimum absolute atomic E-state index is 0. The van der Waals surface area contributed by atoms with Gasteiger partial charge in [-0.25, -0.2) is 4.79 Å². The van der Waals surface area contributed by atoms with Crippen LogP contribution in [-0.2, 0) is 31.4 Å². The number of ether oxygens (including phenoxy) is 1. The molecular formula is C5H6FeO3. The fraction of sp³-hybridized carbons (Fsp3) is 0.200. The van der Waals surface area contributed by atoms with Gasteiger partial charge >= 0.3 is 12.4 Å². The van der Waals surface area contributed by atoms with E-state index in [0.717, 1.165) is 0 Å². The van der Waals surface area contributed by atoms with Gasteiger partial charge in [-0.2, -0.15) is 0 Å². The Balaban J connectivity index is 0. The topological polar surface area (TPSA) is 43.4 Å². The van der Waals surface area contributed by atoms with E-state index in [9.17, 15) is 9.59 Å². The molecule has 0 fully saturated rings. The van der Waals surface area contributed by atoms with Gasteiger partial charge in [-0.15, -0.1) is 0 Å². The summed E-state index contributed by atoms with van der Waals surface area (Å²) in [4.78, 5) is 19.6. The van der Waals surface area contributed by atoms with E-state index in [-0.39, 0.29) is 29.1 Å². The minimum Gasteiger partial charge on any atom is -0.392 e. The van der Waals surface area contributed by atoms with Crippen LogP contribution in [0.2, 0.25) is 0 Å². The van der Waals surface area contributed by atoms with Crippen LogP contribution in [0, 0.1) is 0 Å². The minimum atomic E-state index is -0.681. The summed E-state index contributed by atoms with van der Waals surface area (Å²) in [6, 6.07) is 0. The molecule has 0 unspecified atom stereocenters. The SMILES string of the molecule is C=C(C)C(=O)OC=O.[Fe]. The molecule has 0 saturated heterocycles. The van der Waals surface area contributed by atoms with Gasteiger partial charge in [-0.05, 0) is 6.92 Å². The quantitative estimate of drug-likeness (QED) is 0.196. The van der Waals surface area contributed by atoms with Crippen LogP contribution in [-0.4, -0.2) is 12.4 Å². The molecule has 0 N–H and O–H groups in total. The molecule has 0 heterocycles. The maximum Gasteiger partial charge on any atom is 0.340 e. The van der Waals surface area contributed by atoms with Gasteiger partial charge in [0.2, 0.25) is 0 Å². The normalized spacial score (nSPS) is 6.78. The van der Waals surface area contributed by atoms with Crippen LogP contribution in [0.1, 0.15) is 6.92 Å². The first kappa shape index (κ1) is 11.2. The fourth-order valence-corrected chi connectivity index (χ4v) is 0.144. The van der Waals surface area contributed by atoms with E-state index >= 15 is 0 Å². The standard InChI is InChI=1S/C5H6O3.Fe/c1-4(2)5(7)8-3-6;/h3H,1H2,2H3;. The zero-order valence-electron chi connectivity index (χ0n) is 4.86. The zero-order chi connectivity index (χ0) is 6.57. The Labute approximate surface area is 63.5 Å². The van der Waals surface area contributed by atoms with Crippen molar-refractivity contribution < 1.29 is 31.4 Å². The maximum absolute atomic E-state index is 10.2. The van der Waals surface area contributed by atoms with Gasteiger partial charge in [0.25, 0.3) is 0 Å². The third kappa shape index (κ3) is 5.27. The molecule has 4 heteroatoms. The van der Waals surface area contributed by atoms with Crippen molar-refractivity contribution in [3.05, 3.63) is 12.2 Å². The molecule has 0 atom stereocenters. The first-order chi connectivity index (χ1) is 3.68. The summed E-state index contributed by atoms with van der Waals surface area (Å²) in [7, 11) is 0. The van der Waals surface area contributed by atoms with Gasteiger partial charge in [0.05, 0.1) is 0 Å². The van der Waals surface area contributed by atoms with Crippen LogP contribution >= 0.6 is 0 Å². The maximum atomic E-state index is 10.2. The summed E-state index contributed by atoms with van der Waals surface area (Å²) in [5.74, 6) is -0.681. The van der Waals surface area contributed by atoms with Crippen molar-refractivity contribution in [2.24, 2.45) is 0 Å². The molecule has 0 aromatic carbocycles. The Kier molecular flexibility index (Phi) is 6.91. The van der Waals surface area contributed by atoms with Crippen LogP contribution in [0.5, 0.6) is 0 Å². The largest absolute Gasteiger partial charge is 0.392 e. The van der Waals surface area contributed by atoms with Crippen molar-refractivity contribution >= 4 is 12.4 Å². The van der Waals surface area contributed by atoms with Crippen molar-refractivity contribution in [1.82, 2.24) is 0 Å². The van der Waals surface area contributed by atoms with E-state index in [0.29, 0.717) is 0 Å². The fourth-order valence-electron chi connectivity index (χ4n) is 0.144. The Morgan fingerprint density at radius 2 is 2.11 bits per heavy atom. The third-order valence-corrected chi connectivity index (χ3v) is 0.504. The average molecular weight is 170 g/mol. The van der Waals surface area contributed by atoms with E-state index < -0.39 is 5.97 Å². The van der Waals surface area contributed by atoms with Gasteiger partial charge in [0.1, 0.15) is 0 Å². The molecule has 0 spiro atoms. The number of rotatable bonds is 2. The predicted octanol–water partition coefficient (Wildman–Crippen LogP) is 0.260. The number of esters is 1. The Morgan fingerprint density at radius 3 is 2.22 bits per heavy atom. The molecule has 52 valence electrons. The average Bonchev–Trinajstić information content (AvgIpc) is 1.67. The molecule has 3 nitrogen and oxygen atoms in total. The molecule has 0 rings (SSSR count). The second-order valence-electron chi connectivity index (χ2n) is 1.28. The summed E-state index contributed by atoms with van der Waals surface area (Å²) in [5.41, 5.74) is 0.220. The summed E-state index contributed by atoms with van der Waals surface area (Å²) in [6.07, 6.45) is 0. The predicted molar refractivity (Wildman–Crippen MR) is 27.0 cm³/mol. The third-order valence-electron chi connectivity index (χ3n) is 0.504. The molecule has 0 bridgehead atoms. The molecule has 0 aromatic rings. The summed E-state index contributed by atoms with van der Waals surface area (Å²) in [5, 5.41) is 0. The number of hydrogen-bond donors (Lipinski definition) is 0. The van der Waals surface area contributed by atoms with Crippen LogP contribution in [0.25, 0.3) is 0 Å². The van der Waals surface area contributed by atoms with Crippen molar-refractivity contribution in [1.29, 1.82) is 0 Å². The monoisotopic (exact) mass is 170 g/mol. The number of carbonyl (C=O) groups excluding carboxylic acids is 2. The van der Waals surface area contributed by atoms with Gasteiger partial charge in [-0.1, -0.05) is 6.58 Å². The molecule has 0 aliphatic carbocycles. The van der Waals surface area contributed by atoms with E-state index in [1.165, 1.54) is 6.92 Å². The molecule has 0 saturated carbocycles. The summed E-state index contributed by atoms with van der Waals surface area (Å²) in [6.45, 7) is 4.78. The molecule has 0 amide bonds. The second-order valence-corrected chi connectivity index (χ2v) is 1.28. The van der Waals surface area contributed by atoms with Crippen LogP contribution in [0.3, 0.4) is 0 Å². The van der Waals surface area contributed by atoms with E-state index in [1.54, 1.807) is 0 Å². The van der Waals surface area contributed by atoms with Crippen LogP contribution < -0.4 is 0 Å². The Hall–Kier alpha value is -0.601. The van der Waals surface area contributed by atoms with E-state index in [2.05, 4.69) is 11.3 Å². The van der Waals surface area contributed by atoms with Gasteiger partial charge < -0.3 is 4.74 Å². The molecular weight excluding hydrogens is 164 g/mol. The van der Waals surface area contributed by atoms with Crippen LogP contribution in [0.4, 0.5) is 0 Å². The Morgan fingerprint density at radius 1 is 1.67 bits per heavy atom. The van der Waals surface area contributed by atoms with Gasteiger partial charge in [0.15, 0.2) is 0 Å². The first-order valence-electron chi connectivity index (χ1n) is 1.98. The zero-order valence-corrected chi connectivity index (χ0v) is 5.97. The van der Waals surface area contributed by atoms with E-state index in [4.69, 9.17) is 0 Å². The van der Waals surface area contributed by atoms with Crippen LogP contribution in [0.15, 0.2) is 12.2 Å². The molecule has 0 aliphatic rings. The second kappa shape index (κ2) is 5.53. The molecule has 0 radical (unpaired) electrons. The molecule has 0 aromatic heterocycles.